The van der Waals surface area contributed by atoms with E-state index in [1.54, 1.807) is 6.20 Å². The number of nitrogens with one attached hydrogen (secondary N) is 5. The molecule has 0 aliphatic rings. The Labute approximate surface area is 246 Å². The molecule has 0 aliphatic carbocycles. The summed E-state index contributed by atoms with van der Waals surface area (Å²) >= 11 is 1.45. The average Bonchev–Trinajstić information content (AvgIpc) is 3.63. The third-order valence-corrected chi connectivity index (χ3v) is 7.25. The number of amides is 4. The van der Waals surface area contributed by atoms with Crippen molar-refractivity contribution in [3.63, 3.8) is 0 Å². The van der Waals surface area contributed by atoms with E-state index in [1.165, 1.54) is 24.3 Å². The Morgan fingerprint density at radius 2 is 1.64 bits per heavy atom. The Bertz CT molecular complexity index is 1380. The van der Waals surface area contributed by atoms with Crippen molar-refractivity contribution in [2.45, 2.75) is 56.3 Å². The van der Waals surface area contributed by atoms with Gasteiger partial charge in [0, 0.05) is 48.3 Å². The van der Waals surface area contributed by atoms with Gasteiger partial charge in [-0.25, -0.2) is 9.78 Å². The molecule has 42 heavy (non-hydrogen) atoms. The summed E-state index contributed by atoms with van der Waals surface area (Å²) in [7, 11) is 0. The minimum atomic E-state index is -1.26. The number of aromatic nitrogens is 3. The first kappa shape index (κ1) is 32.1. The summed E-state index contributed by atoms with van der Waals surface area (Å²) in [4.78, 5) is 72.5. The first-order valence-corrected chi connectivity index (χ1v) is 14.7. The first-order chi connectivity index (χ1) is 20.1. The van der Waals surface area contributed by atoms with Crippen molar-refractivity contribution < 1.29 is 29.1 Å². The topological polar surface area (TPSA) is 238 Å². The van der Waals surface area contributed by atoms with Crippen LogP contribution in [0.15, 0.2) is 43.0 Å². The quantitative estimate of drug-likeness (QED) is 0.100. The third kappa shape index (κ3) is 9.34. The smallest absolute Gasteiger partial charge is 0.326 e. The van der Waals surface area contributed by atoms with Crippen molar-refractivity contribution in [1.82, 2.24) is 30.9 Å². The van der Waals surface area contributed by atoms with E-state index in [2.05, 4.69) is 30.9 Å². The molecule has 1 aromatic carbocycles. The Kier molecular flexibility index (Phi) is 11.9. The summed E-state index contributed by atoms with van der Waals surface area (Å²) in [6.07, 6.45) is 6.57. The van der Waals surface area contributed by atoms with Crippen LogP contribution in [0.3, 0.4) is 0 Å². The van der Waals surface area contributed by atoms with Crippen LogP contribution in [0, 0.1) is 0 Å². The zero-order valence-corrected chi connectivity index (χ0v) is 23.9. The number of imidazole rings is 1. The molecule has 3 rings (SSSR count). The van der Waals surface area contributed by atoms with Crippen LogP contribution >= 0.6 is 11.8 Å². The monoisotopic (exact) mass is 600 g/mol. The van der Waals surface area contributed by atoms with Gasteiger partial charge in [0.25, 0.3) is 0 Å². The fourth-order valence-electron chi connectivity index (χ4n) is 4.30. The van der Waals surface area contributed by atoms with Crippen molar-refractivity contribution in [2.24, 2.45) is 11.5 Å². The number of rotatable bonds is 17. The number of fused-ring (bicyclic) bond motifs is 1. The van der Waals surface area contributed by atoms with Gasteiger partial charge in [0.2, 0.25) is 23.6 Å². The van der Waals surface area contributed by atoms with Crippen LogP contribution in [0.2, 0.25) is 0 Å². The molecule has 0 spiro atoms. The van der Waals surface area contributed by atoms with E-state index >= 15 is 0 Å². The molecule has 0 fully saturated rings. The van der Waals surface area contributed by atoms with Crippen LogP contribution in [0.4, 0.5) is 0 Å². The highest BCUT2D eigenvalue weighted by molar-refractivity contribution is 7.98. The van der Waals surface area contributed by atoms with E-state index in [-0.39, 0.29) is 32.1 Å². The number of thioether (sulfide) groups is 1. The van der Waals surface area contributed by atoms with Crippen LogP contribution in [0.1, 0.15) is 30.5 Å². The maximum absolute atomic E-state index is 13.4. The average molecular weight is 601 g/mol. The largest absolute Gasteiger partial charge is 0.480 e. The van der Waals surface area contributed by atoms with Crippen LogP contribution in [0.5, 0.6) is 0 Å². The fraction of sp³-hybridized carbons (Fsp3) is 0.407. The molecule has 15 heteroatoms. The molecule has 0 bridgehead atoms. The lowest BCUT2D eigenvalue weighted by Crippen LogP contribution is -2.58. The minimum absolute atomic E-state index is 0.00861. The lowest BCUT2D eigenvalue weighted by atomic mass is 10.0. The lowest BCUT2D eigenvalue weighted by Gasteiger charge is -2.25. The number of nitrogens with two attached hydrogens (primary N) is 2. The number of carbonyl (C=O) groups is 5. The van der Waals surface area contributed by atoms with Gasteiger partial charge in [0.05, 0.1) is 12.4 Å². The molecule has 4 amide bonds. The van der Waals surface area contributed by atoms with E-state index < -0.39 is 53.8 Å². The van der Waals surface area contributed by atoms with Crippen LogP contribution in [0.25, 0.3) is 10.9 Å². The number of primary amides is 1. The summed E-state index contributed by atoms with van der Waals surface area (Å²) in [6.45, 7) is 0. The summed E-state index contributed by atoms with van der Waals surface area (Å²) < 4.78 is 0. The van der Waals surface area contributed by atoms with Gasteiger partial charge >= 0.3 is 5.97 Å². The number of aliphatic carboxylic acids is 1. The minimum Gasteiger partial charge on any atom is -0.480 e. The van der Waals surface area contributed by atoms with Gasteiger partial charge in [0.15, 0.2) is 0 Å². The molecule has 0 saturated heterocycles. The predicted molar refractivity (Wildman–Crippen MR) is 157 cm³/mol. The van der Waals surface area contributed by atoms with E-state index in [9.17, 15) is 29.1 Å². The molecule has 0 aliphatic heterocycles. The van der Waals surface area contributed by atoms with E-state index in [0.717, 1.165) is 16.5 Å². The zero-order chi connectivity index (χ0) is 30.6. The van der Waals surface area contributed by atoms with Crippen molar-refractivity contribution >= 4 is 52.3 Å². The van der Waals surface area contributed by atoms with Gasteiger partial charge in [-0.1, -0.05) is 18.2 Å². The molecule has 3 aromatic rings. The molecule has 0 saturated carbocycles. The fourth-order valence-corrected chi connectivity index (χ4v) is 4.77. The van der Waals surface area contributed by atoms with E-state index in [4.69, 9.17) is 11.5 Å². The molecule has 4 atom stereocenters. The van der Waals surface area contributed by atoms with Crippen LogP contribution < -0.4 is 27.4 Å². The number of benzene rings is 1. The summed E-state index contributed by atoms with van der Waals surface area (Å²) in [5.41, 5.74) is 13.1. The Morgan fingerprint density at radius 1 is 0.952 bits per heavy atom. The Morgan fingerprint density at radius 3 is 2.31 bits per heavy atom. The van der Waals surface area contributed by atoms with Crippen molar-refractivity contribution in [3.8, 4) is 0 Å². The third-order valence-electron chi connectivity index (χ3n) is 6.61. The maximum Gasteiger partial charge on any atom is 0.326 e. The molecule has 14 nitrogen and oxygen atoms in total. The second-order valence-corrected chi connectivity index (χ2v) is 10.7. The SMILES string of the molecule is CSCCC(NC(=O)C(Cc1cnc[nH]1)NC(=O)C(N)CCC(N)=O)C(=O)NC(Cc1c[nH]c2ccccc12)C(=O)O. The number of H-pyrrole nitrogens is 2. The van der Waals surface area contributed by atoms with Gasteiger partial charge in [-0.3, -0.25) is 19.2 Å². The number of carboxylic acids is 1. The molecule has 10 N–H and O–H groups in total. The maximum atomic E-state index is 13.4. The molecular formula is C27H36N8O6S. The molecule has 0 radical (unpaired) electrons. The normalized spacial score (nSPS) is 14.0. The van der Waals surface area contributed by atoms with Gasteiger partial charge in [-0.2, -0.15) is 11.8 Å². The van der Waals surface area contributed by atoms with Gasteiger partial charge in [-0.05, 0) is 36.5 Å². The number of para-hydroxylation sites is 1. The summed E-state index contributed by atoms with van der Waals surface area (Å²) in [5.74, 6) is -3.37. The standard InChI is InChI=1S/C27H36N8O6S/c1-42-9-8-20(25(38)35-22(27(40)41)10-15-12-31-19-5-3-2-4-17(15)19)33-26(39)21(11-16-13-30-14-32-16)34-24(37)18(28)6-7-23(29)36/h2-5,12-14,18,20-22,31H,6-11,28H2,1H3,(H2,29,36)(H,30,32)(H,33,39)(H,34,37)(H,35,38)(H,40,41). The predicted octanol–water partition coefficient (Wildman–Crippen LogP) is -0.439. The summed E-state index contributed by atoms with van der Waals surface area (Å²) in [5, 5.41) is 18.5. The molecule has 2 heterocycles. The highest BCUT2D eigenvalue weighted by Gasteiger charge is 2.31. The number of carbonyl (C=O) groups excluding carboxylic acids is 4. The number of hydrogen-bond acceptors (Lipinski definition) is 8. The molecule has 2 aromatic heterocycles. The number of hydrogen-bond donors (Lipinski definition) is 8. The molecular weight excluding hydrogens is 564 g/mol. The molecule has 226 valence electrons. The van der Waals surface area contributed by atoms with E-state index in [1.807, 2.05) is 30.5 Å². The lowest BCUT2D eigenvalue weighted by molar-refractivity contribution is -0.142. The second-order valence-electron chi connectivity index (χ2n) is 9.76. The summed E-state index contributed by atoms with van der Waals surface area (Å²) in [6, 6.07) is 2.84. The second kappa shape index (κ2) is 15.6. The van der Waals surface area contributed by atoms with Gasteiger partial charge in [-0.15, -0.1) is 0 Å². The van der Waals surface area contributed by atoms with E-state index in [0.29, 0.717) is 11.4 Å². The van der Waals surface area contributed by atoms with Crippen molar-refractivity contribution in [3.05, 3.63) is 54.2 Å². The number of nitrogens with zero attached hydrogens (tertiary/aromatic N) is 1. The van der Waals surface area contributed by atoms with Crippen LogP contribution in [-0.2, 0) is 36.8 Å². The number of carboxylic acid groups (broad SMARTS) is 1. The van der Waals surface area contributed by atoms with Crippen molar-refractivity contribution in [1.29, 1.82) is 0 Å². The first-order valence-electron chi connectivity index (χ1n) is 13.3. The number of aromatic amines is 2. The highest BCUT2D eigenvalue weighted by atomic mass is 32.2. The van der Waals surface area contributed by atoms with Crippen molar-refractivity contribution in [2.75, 3.05) is 12.0 Å². The van der Waals surface area contributed by atoms with Gasteiger partial charge < -0.3 is 42.5 Å². The van der Waals surface area contributed by atoms with Crippen LogP contribution in [-0.4, -0.2) is 85.8 Å². The highest BCUT2D eigenvalue weighted by Crippen LogP contribution is 2.19. The van der Waals surface area contributed by atoms with Gasteiger partial charge in [0.1, 0.15) is 18.1 Å². The zero-order valence-electron chi connectivity index (χ0n) is 23.1. The Balaban J connectivity index is 1.74. The Hall–Kier alpha value is -4.37. The molecule has 4 unspecified atom stereocenters.